The van der Waals surface area contributed by atoms with E-state index in [1.807, 2.05) is 36.0 Å². The van der Waals surface area contributed by atoms with E-state index < -0.39 is 0 Å². The number of rotatable bonds is 7. The topological polar surface area (TPSA) is 0 Å². The molecular formula is C23H22Cl2S. The van der Waals surface area contributed by atoms with E-state index in [-0.39, 0.29) is 5.25 Å². The first-order chi connectivity index (χ1) is 12.6. The van der Waals surface area contributed by atoms with E-state index in [9.17, 15) is 0 Å². The van der Waals surface area contributed by atoms with E-state index in [2.05, 4.69) is 61.5 Å². The van der Waals surface area contributed by atoms with Crippen LogP contribution in [0.3, 0.4) is 0 Å². The van der Waals surface area contributed by atoms with Crippen LogP contribution in [0.1, 0.15) is 28.9 Å². The van der Waals surface area contributed by atoms with Crippen molar-refractivity contribution in [3.05, 3.63) is 106 Å². The molecule has 0 saturated heterocycles. The van der Waals surface area contributed by atoms with Crippen LogP contribution in [0.4, 0.5) is 0 Å². The van der Waals surface area contributed by atoms with E-state index in [0.717, 1.165) is 22.2 Å². The largest absolute Gasteiger partial charge is 0.149 e. The van der Waals surface area contributed by atoms with E-state index >= 15 is 0 Å². The summed E-state index contributed by atoms with van der Waals surface area (Å²) in [5, 5.41) is 1.82. The summed E-state index contributed by atoms with van der Waals surface area (Å²) in [5.41, 5.74) is 3.94. The number of thioether (sulfide) groups is 1. The zero-order valence-electron chi connectivity index (χ0n) is 14.7. The Bertz CT molecular complexity index is 752. The van der Waals surface area contributed by atoms with Gasteiger partial charge >= 0.3 is 0 Å². The van der Waals surface area contributed by atoms with Crippen LogP contribution in [0.5, 0.6) is 0 Å². The van der Waals surface area contributed by atoms with Crippen LogP contribution < -0.4 is 0 Å². The average Bonchev–Trinajstić information content (AvgIpc) is 2.65. The molecule has 26 heavy (non-hydrogen) atoms. The predicted molar refractivity (Wildman–Crippen MR) is 117 cm³/mol. The molecule has 0 amide bonds. The van der Waals surface area contributed by atoms with Crippen molar-refractivity contribution in [2.75, 3.05) is 5.75 Å². The van der Waals surface area contributed by atoms with Crippen LogP contribution in [0.25, 0.3) is 0 Å². The summed E-state index contributed by atoms with van der Waals surface area (Å²) in [5.74, 6) is 1.69. The smallest absolute Gasteiger partial charge is 0.0546 e. The third-order valence-corrected chi connectivity index (χ3v) is 6.46. The number of benzene rings is 3. The lowest BCUT2D eigenvalue weighted by Gasteiger charge is -2.20. The summed E-state index contributed by atoms with van der Waals surface area (Å²) in [7, 11) is 0. The normalized spacial score (nSPS) is 12.3. The second-order valence-electron chi connectivity index (χ2n) is 6.61. The van der Waals surface area contributed by atoms with Crippen LogP contribution in [0, 0.1) is 5.92 Å². The molecule has 0 spiro atoms. The molecular weight excluding hydrogens is 379 g/mol. The first kappa shape index (κ1) is 19.4. The molecule has 1 unspecified atom stereocenters. The summed E-state index contributed by atoms with van der Waals surface area (Å²) in [6.07, 6.45) is 1.10. The average molecular weight is 401 g/mol. The minimum absolute atomic E-state index is 0.280. The fourth-order valence-corrected chi connectivity index (χ4v) is 4.59. The van der Waals surface area contributed by atoms with Gasteiger partial charge in [-0.1, -0.05) is 84.7 Å². The Morgan fingerprint density at radius 2 is 1.23 bits per heavy atom. The first-order valence-corrected chi connectivity index (χ1v) is 10.6. The van der Waals surface area contributed by atoms with Gasteiger partial charge in [0, 0.05) is 10.0 Å². The molecule has 0 saturated carbocycles. The highest BCUT2D eigenvalue weighted by Gasteiger charge is 2.16. The molecule has 0 aromatic heterocycles. The molecule has 0 bridgehead atoms. The highest BCUT2D eigenvalue weighted by molar-refractivity contribution is 7.99. The quantitative estimate of drug-likeness (QED) is 0.391. The van der Waals surface area contributed by atoms with Gasteiger partial charge in [0.2, 0.25) is 0 Å². The highest BCUT2D eigenvalue weighted by atomic mass is 35.5. The second-order valence-corrected chi connectivity index (χ2v) is 8.62. The van der Waals surface area contributed by atoms with Crippen molar-refractivity contribution in [1.82, 2.24) is 0 Å². The van der Waals surface area contributed by atoms with Crippen LogP contribution in [0.15, 0.2) is 78.9 Å². The van der Waals surface area contributed by atoms with Crippen molar-refractivity contribution in [3.63, 3.8) is 0 Å². The molecule has 0 aliphatic rings. The van der Waals surface area contributed by atoms with Gasteiger partial charge in [0.1, 0.15) is 0 Å². The fraction of sp³-hybridized carbons (Fsp3) is 0.217. The minimum atomic E-state index is 0.280. The lowest BCUT2D eigenvalue weighted by atomic mass is 10.0. The van der Waals surface area contributed by atoms with Gasteiger partial charge < -0.3 is 0 Å². The Hall–Kier alpha value is -1.41. The van der Waals surface area contributed by atoms with Gasteiger partial charge in [0.15, 0.2) is 0 Å². The van der Waals surface area contributed by atoms with Crippen molar-refractivity contribution in [2.45, 2.75) is 18.6 Å². The molecule has 0 N–H and O–H groups in total. The number of hydrogen-bond acceptors (Lipinski definition) is 1. The molecule has 0 heterocycles. The van der Waals surface area contributed by atoms with Crippen LogP contribution in [-0.2, 0) is 6.42 Å². The zero-order chi connectivity index (χ0) is 18.4. The predicted octanol–water partition coefficient (Wildman–Crippen LogP) is 7.69. The molecule has 3 aromatic rings. The maximum atomic E-state index is 6.08. The Labute approximate surface area is 170 Å². The Balaban J connectivity index is 1.73. The Morgan fingerprint density at radius 1 is 0.731 bits per heavy atom. The monoisotopic (exact) mass is 400 g/mol. The van der Waals surface area contributed by atoms with Gasteiger partial charge in [-0.3, -0.25) is 0 Å². The van der Waals surface area contributed by atoms with Crippen molar-refractivity contribution >= 4 is 35.0 Å². The summed E-state index contributed by atoms with van der Waals surface area (Å²) in [4.78, 5) is 0. The fourth-order valence-electron chi connectivity index (χ4n) is 3.00. The molecule has 0 aliphatic heterocycles. The standard InChI is InChI=1S/C23H22Cl2S/c1-17(15-18-5-3-2-4-6-18)16-26-23(19-7-11-21(24)12-8-19)20-9-13-22(25)14-10-20/h2-14,17,23H,15-16H2,1H3. The summed E-state index contributed by atoms with van der Waals surface area (Å²) in [6.45, 7) is 2.32. The lowest BCUT2D eigenvalue weighted by Crippen LogP contribution is -2.06. The molecule has 1 atom stereocenters. The van der Waals surface area contributed by atoms with Crippen LogP contribution in [-0.4, -0.2) is 5.75 Å². The summed E-state index contributed by atoms with van der Waals surface area (Å²) in [6, 6.07) is 27.1. The SMILES string of the molecule is CC(CSC(c1ccc(Cl)cc1)c1ccc(Cl)cc1)Cc1ccccc1. The summed E-state index contributed by atoms with van der Waals surface area (Å²) < 4.78 is 0. The van der Waals surface area contributed by atoms with Gasteiger partial charge in [-0.05, 0) is 59.0 Å². The number of halogens is 2. The van der Waals surface area contributed by atoms with Gasteiger partial charge in [0.25, 0.3) is 0 Å². The van der Waals surface area contributed by atoms with E-state index in [1.54, 1.807) is 0 Å². The van der Waals surface area contributed by atoms with E-state index in [0.29, 0.717) is 5.92 Å². The maximum absolute atomic E-state index is 6.08. The molecule has 134 valence electrons. The van der Waals surface area contributed by atoms with E-state index in [1.165, 1.54) is 16.7 Å². The van der Waals surface area contributed by atoms with E-state index in [4.69, 9.17) is 23.2 Å². The molecule has 0 radical (unpaired) electrons. The van der Waals surface area contributed by atoms with Crippen molar-refractivity contribution < 1.29 is 0 Å². The van der Waals surface area contributed by atoms with Gasteiger partial charge in [-0.15, -0.1) is 11.8 Å². The molecule has 0 fully saturated rings. The van der Waals surface area contributed by atoms with Gasteiger partial charge in [0.05, 0.1) is 5.25 Å². The lowest BCUT2D eigenvalue weighted by molar-refractivity contribution is 0.658. The van der Waals surface area contributed by atoms with Crippen molar-refractivity contribution in [2.24, 2.45) is 5.92 Å². The molecule has 3 rings (SSSR count). The highest BCUT2D eigenvalue weighted by Crippen LogP contribution is 2.37. The second kappa shape index (κ2) is 9.50. The van der Waals surface area contributed by atoms with Gasteiger partial charge in [-0.25, -0.2) is 0 Å². The third kappa shape index (κ3) is 5.54. The minimum Gasteiger partial charge on any atom is -0.149 e. The van der Waals surface area contributed by atoms with Gasteiger partial charge in [-0.2, -0.15) is 0 Å². The molecule has 3 aromatic carbocycles. The molecule has 0 nitrogen and oxygen atoms in total. The number of hydrogen-bond donors (Lipinski definition) is 0. The summed E-state index contributed by atoms with van der Waals surface area (Å²) >= 11 is 14.1. The third-order valence-electron chi connectivity index (χ3n) is 4.32. The van der Waals surface area contributed by atoms with Crippen molar-refractivity contribution in [3.8, 4) is 0 Å². The first-order valence-electron chi connectivity index (χ1n) is 8.78. The zero-order valence-corrected chi connectivity index (χ0v) is 17.1. The molecule has 3 heteroatoms. The van der Waals surface area contributed by atoms with Crippen LogP contribution >= 0.6 is 35.0 Å². The Kier molecular flexibility index (Phi) is 7.07. The molecule has 0 aliphatic carbocycles. The van der Waals surface area contributed by atoms with Crippen molar-refractivity contribution in [1.29, 1.82) is 0 Å². The maximum Gasteiger partial charge on any atom is 0.0546 e. The Morgan fingerprint density at radius 3 is 1.73 bits per heavy atom. The van der Waals surface area contributed by atoms with Crippen LogP contribution in [0.2, 0.25) is 10.0 Å².